The number of aryl methyl sites for hydroxylation is 3. The number of fused-ring (bicyclic) bond motifs is 2. The highest BCUT2D eigenvalue weighted by Crippen LogP contribution is 2.55. The van der Waals surface area contributed by atoms with Crippen LogP contribution >= 0.6 is 0 Å². The average Bonchev–Trinajstić information content (AvgIpc) is 3.17. The van der Waals surface area contributed by atoms with Crippen LogP contribution < -0.4 is 29.8 Å². The highest BCUT2D eigenvalue weighted by atomic mass is 16.5. The van der Waals surface area contributed by atoms with Gasteiger partial charge in [0.1, 0.15) is 46.5 Å². The molecule has 15 nitrogen and oxygen atoms in total. The summed E-state index contributed by atoms with van der Waals surface area (Å²) in [5.41, 5.74) is 0.336. The Balaban J connectivity index is 1.60. The summed E-state index contributed by atoms with van der Waals surface area (Å²) in [4.78, 5) is 55.6. The summed E-state index contributed by atoms with van der Waals surface area (Å²) in [7, 11) is 5.25. The lowest BCUT2D eigenvalue weighted by Gasteiger charge is -2.26. The van der Waals surface area contributed by atoms with E-state index in [0.29, 0.717) is 11.1 Å². The van der Waals surface area contributed by atoms with Crippen LogP contribution in [0.25, 0.3) is 43.1 Å². The standard InChI is InChI=1S/C47H44O15/c1-18-10-23(48)11-19(2)32(18)46(55)61-21(4)13-25-34-35-26(14-22(5)62-47(56)33-20(3)12-24(49)15-27(33)50)45(60-9)43(54)37-29(52)17-31(58-7)39(41(35)37)38-30(57-6)16-28(51)36(40(34)38)42(53)44(25)59-8/h10-12,15-17,21-22,48-50,53-54H,13-14H2,1-9H3. The monoisotopic (exact) mass is 848 g/mol. The summed E-state index contributed by atoms with van der Waals surface area (Å²) in [5.74, 6) is -3.74. The molecular weight excluding hydrogens is 805 g/mol. The van der Waals surface area contributed by atoms with Crippen molar-refractivity contribution in [2.24, 2.45) is 0 Å². The first kappa shape index (κ1) is 42.7. The van der Waals surface area contributed by atoms with E-state index >= 15 is 0 Å². The molecule has 0 radical (unpaired) electrons. The van der Waals surface area contributed by atoms with Crippen LogP contribution in [0.2, 0.25) is 0 Å². The van der Waals surface area contributed by atoms with Gasteiger partial charge in [0.05, 0.1) is 44.8 Å². The fourth-order valence-electron chi connectivity index (χ4n) is 8.90. The number of carbonyl (C=O) groups excluding carboxylic acids is 2. The van der Waals surface area contributed by atoms with Gasteiger partial charge in [0.15, 0.2) is 33.9 Å². The van der Waals surface area contributed by atoms with E-state index in [1.54, 1.807) is 27.7 Å². The number of rotatable bonds is 12. The van der Waals surface area contributed by atoms with Gasteiger partial charge in [0.2, 0.25) is 0 Å². The second kappa shape index (κ2) is 15.9. The van der Waals surface area contributed by atoms with Crippen molar-refractivity contribution in [3.05, 3.63) is 95.8 Å². The Morgan fingerprint density at radius 1 is 0.500 bits per heavy atom. The van der Waals surface area contributed by atoms with Crippen LogP contribution in [-0.2, 0) is 22.3 Å². The van der Waals surface area contributed by atoms with E-state index < -0.39 is 52.3 Å². The molecule has 2 unspecified atom stereocenters. The van der Waals surface area contributed by atoms with Crippen LogP contribution in [0, 0.1) is 20.8 Å². The zero-order chi connectivity index (χ0) is 45.2. The maximum absolute atomic E-state index is 14.1. The lowest BCUT2D eigenvalue weighted by Crippen LogP contribution is -2.20. The fourth-order valence-corrected chi connectivity index (χ4v) is 8.90. The Bertz CT molecular complexity index is 2860. The highest BCUT2D eigenvalue weighted by molar-refractivity contribution is 6.38. The molecule has 0 spiro atoms. The number of carbonyl (C=O) groups is 2. The first-order valence-corrected chi connectivity index (χ1v) is 19.4. The van der Waals surface area contributed by atoms with Crippen molar-refractivity contribution in [3.63, 3.8) is 0 Å². The number of methoxy groups -OCH3 is 4. The topological polar surface area (TPSA) is 225 Å². The minimum absolute atomic E-state index is 0.0219. The van der Waals surface area contributed by atoms with Gasteiger partial charge in [-0.2, -0.15) is 0 Å². The Hall–Kier alpha value is -7.42. The quantitative estimate of drug-likeness (QED) is 0.0476. The molecule has 7 rings (SSSR count). The summed E-state index contributed by atoms with van der Waals surface area (Å²) in [5, 5.41) is 55.5. The Kier molecular flexibility index (Phi) is 10.9. The van der Waals surface area contributed by atoms with Crippen molar-refractivity contribution in [1.82, 2.24) is 0 Å². The third-order valence-corrected chi connectivity index (χ3v) is 11.2. The van der Waals surface area contributed by atoms with Crippen molar-refractivity contribution >= 4 is 55.0 Å². The van der Waals surface area contributed by atoms with Crippen LogP contribution in [0.5, 0.6) is 51.7 Å². The first-order valence-electron chi connectivity index (χ1n) is 19.4. The van der Waals surface area contributed by atoms with Crippen LogP contribution in [-0.4, -0.2) is 78.1 Å². The van der Waals surface area contributed by atoms with Crippen LogP contribution in [0.15, 0.2) is 46.0 Å². The van der Waals surface area contributed by atoms with Crippen LogP contribution in [0.3, 0.4) is 0 Å². The smallest absolute Gasteiger partial charge is 0.342 e. The van der Waals surface area contributed by atoms with Gasteiger partial charge in [-0.25, -0.2) is 9.59 Å². The number of benzene rings is 7. The zero-order valence-electron chi connectivity index (χ0n) is 35.4. The summed E-state index contributed by atoms with van der Waals surface area (Å²) in [6.45, 7) is 8.00. The van der Waals surface area contributed by atoms with Gasteiger partial charge in [-0.05, 0) is 80.3 Å². The zero-order valence-corrected chi connectivity index (χ0v) is 35.4. The Morgan fingerprint density at radius 2 is 0.871 bits per heavy atom. The van der Waals surface area contributed by atoms with E-state index in [4.69, 9.17) is 28.4 Å². The van der Waals surface area contributed by atoms with Crippen molar-refractivity contribution < 1.29 is 63.5 Å². The molecule has 62 heavy (non-hydrogen) atoms. The number of hydrogen-bond acceptors (Lipinski definition) is 15. The molecule has 322 valence electrons. The molecule has 0 aliphatic carbocycles. The van der Waals surface area contributed by atoms with Gasteiger partial charge in [-0.1, -0.05) is 0 Å². The van der Waals surface area contributed by atoms with Crippen LogP contribution in [0.4, 0.5) is 0 Å². The normalized spacial score (nSPS) is 12.5. The lowest BCUT2D eigenvalue weighted by molar-refractivity contribution is 0.0328. The van der Waals surface area contributed by atoms with Gasteiger partial charge in [0, 0.05) is 63.7 Å². The van der Waals surface area contributed by atoms with E-state index in [9.17, 15) is 44.7 Å². The minimum atomic E-state index is -1.05. The molecule has 0 amide bonds. The van der Waals surface area contributed by atoms with Gasteiger partial charge >= 0.3 is 11.9 Å². The van der Waals surface area contributed by atoms with Crippen LogP contribution in [0.1, 0.15) is 62.4 Å². The van der Waals surface area contributed by atoms with Gasteiger partial charge in [-0.3, -0.25) is 9.59 Å². The SMILES string of the molecule is COc1c(O)c2c(=O)cc(OC)c3c4c(OC)cc(=O)c5c(O)c(OC)c(CC(C)OC(=O)c6c(C)cc(O)cc6O)c(c(c1CC(C)OC(=O)c1c(C)cc(O)cc1C)c23)c54. The molecule has 0 aliphatic rings. The molecule has 2 atom stereocenters. The summed E-state index contributed by atoms with van der Waals surface area (Å²) in [6.07, 6.45) is -2.38. The van der Waals surface area contributed by atoms with Gasteiger partial charge in [0.25, 0.3) is 0 Å². The molecule has 0 aromatic heterocycles. The third-order valence-electron chi connectivity index (χ3n) is 11.2. The van der Waals surface area contributed by atoms with E-state index in [2.05, 4.69) is 0 Å². The second-order valence-corrected chi connectivity index (χ2v) is 15.3. The second-order valence-electron chi connectivity index (χ2n) is 15.3. The Labute approximate surface area is 353 Å². The molecule has 5 N–H and O–H groups in total. The maximum Gasteiger partial charge on any atom is 0.342 e. The molecule has 0 aliphatic heterocycles. The fraction of sp³-hybridized carbons (Fsp3) is 0.277. The van der Waals surface area contributed by atoms with Crippen molar-refractivity contribution in [2.75, 3.05) is 28.4 Å². The first-order chi connectivity index (χ1) is 29.4. The number of ether oxygens (including phenoxy) is 6. The molecule has 0 fully saturated rings. The molecule has 0 heterocycles. The van der Waals surface area contributed by atoms with Crippen molar-refractivity contribution in [1.29, 1.82) is 0 Å². The molecule has 0 bridgehead atoms. The van der Waals surface area contributed by atoms with Crippen molar-refractivity contribution in [2.45, 2.75) is 59.7 Å². The summed E-state index contributed by atoms with van der Waals surface area (Å²) < 4.78 is 35.2. The van der Waals surface area contributed by atoms with E-state index in [1.807, 2.05) is 0 Å². The lowest BCUT2D eigenvalue weighted by atomic mass is 9.81. The molecule has 7 aromatic carbocycles. The predicted molar refractivity (Wildman–Crippen MR) is 230 cm³/mol. The minimum Gasteiger partial charge on any atom is -0.508 e. The number of aromatic hydroxyl groups is 5. The van der Waals surface area contributed by atoms with E-state index in [1.165, 1.54) is 65.7 Å². The average molecular weight is 849 g/mol. The maximum atomic E-state index is 14.1. The number of esters is 2. The summed E-state index contributed by atoms with van der Waals surface area (Å²) in [6, 6.07) is 7.53. The predicted octanol–water partition coefficient (Wildman–Crippen LogP) is 6.96. The molecule has 0 saturated heterocycles. The van der Waals surface area contributed by atoms with E-state index in [-0.39, 0.29) is 118 Å². The molecular formula is C47H44O15. The molecule has 7 aromatic rings. The number of phenols is 5. The third kappa shape index (κ3) is 6.69. The number of phenolic OH excluding ortho intramolecular Hbond substituents is 5. The Morgan fingerprint density at radius 3 is 1.24 bits per heavy atom. The van der Waals surface area contributed by atoms with Gasteiger partial charge in [-0.15, -0.1) is 0 Å². The van der Waals surface area contributed by atoms with Crippen molar-refractivity contribution in [3.8, 4) is 51.7 Å². The van der Waals surface area contributed by atoms with Gasteiger partial charge < -0.3 is 54.0 Å². The number of hydrogen-bond donors (Lipinski definition) is 5. The highest BCUT2D eigenvalue weighted by Gasteiger charge is 2.34. The molecule has 15 heteroatoms. The van der Waals surface area contributed by atoms with E-state index in [0.717, 1.165) is 6.07 Å². The summed E-state index contributed by atoms with van der Waals surface area (Å²) >= 11 is 0. The molecule has 0 saturated carbocycles. The largest absolute Gasteiger partial charge is 0.508 e.